The highest BCUT2D eigenvalue weighted by atomic mass is 35.5. The first-order valence-corrected chi connectivity index (χ1v) is 9.91. The van der Waals surface area contributed by atoms with E-state index in [0.29, 0.717) is 33.1 Å². The third kappa shape index (κ3) is 2.99. The zero-order chi connectivity index (χ0) is 22.6. The number of aromatic nitrogens is 4. The molecule has 0 radical (unpaired) electrons. The first-order valence-electron chi connectivity index (χ1n) is 9.53. The van der Waals surface area contributed by atoms with Crippen molar-refractivity contribution in [3.05, 3.63) is 83.0 Å². The summed E-state index contributed by atoms with van der Waals surface area (Å²) < 4.78 is 30.1. The number of aryl methyl sites for hydroxylation is 1. The van der Waals surface area contributed by atoms with Crippen LogP contribution in [0.4, 0.5) is 8.78 Å². The van der Waals surface area contributed by atoms with Gasteiger partial charge in [0.05, 0.1) is 27.3 Å². The van der Waals surface area contributed by atoms with Crippen LogP contribution in [0.3, 0.4) is 0 Å². The van der Waals surface area contributed by atoms with Gasteiger partial charge in [-0.2, -0.15) is 4.39 Å². The summed E-state index contributed by atoms with van der Waals surface area (Å²) in [6.45, 7) is 1.77. The van der Waals surface area contributed by atoms with Crippen molar-refractivity contribution in [3.8, 4) is 16.8 Å². The number of amides is 1. The van der Waals surface area contributed by atoms with Gasteiger partial charge in [0.2, 0.25) is 5.95 Å². The lowest BCUT2D eigenvalue weighted by atomic mass is 10.0. The molecule has 0 bridgehead atoms. The number of hydrogen-bond acceptors (Lipinski definition) is 4. The molecule has 1 amide bonds. The molecule has 2 N–H and O–H groups in total. The molecule has 6 nitrogen and oxygen atoms in total. The number of carbonyl (C=O) groups excluding carboxylic acids is 1. The highest BCUT2D eigenvalue weighted by Crippen LogP contribution is 2.34. The smallest absolute Gasteiger partial charge is 0.250 e. The van der Waals surface area contributed by atoms with Crippen LogP contribution in [0.1, 0.15) is 16.2 Å². The van der Waals surface area contributed by atoms with E-state index < -0.39 is 17.7 Å². The average Bonchev–Trinajstić information content (AvgIpc) is 3.10. The second kappa shape index (κ2) is 7.35. The first-order chi connectivity index (χ1) is 15.4. The summed E-state index contributed by atoms with van der Waals surface area (Å²) in [6.07, 6.45) is 2.77. The standard InChI is InChI=1S/C23H14ClF2N5O/c1-11-30-21-15(23(27)32)9-12(13-5-7-29-22(26)19(13)25)10-18(21)31(11)17-6-8-28-20-14(17)3-2-4-16(20)24/h2-10H,1H3,(H2,27,32). The Morgan fingerprint density at radius 1 is 1.06 bits per heavy atom. The molecule has 5 aromatic rings. The molecule has 5 rings (SSSR count). The van der Waals surface area contributed by atoms with Gasteiger partial charge in [-0.05, 0) is 42.8 Å². The number of primary amides is 1. The minimum atomic E-state index is -1.23. The Balaban J connectivity index is 1.89. The molecule has 0 spiro atoms. The summed E-state index contributed by atoms with van der Waals surface area (Å²) in [4.78, 5) is 24.5. The van der Waals surface area contributed by atoms with E-state index in [1.807, 2.05) is 6.07 Å². The minimum absolute atomic E-state index is 0.0464. The number of pyridine rings is 2. The van der Waals surface area contributed by atoms with Crippen molar-refractivity contribution in [1.29, 1.82) is 0 Å². The molecular weight excluding hydrogens is 436 g/mol. The van der Waals surface area contributed by atoms with Crippen LogP contribution >= 0.6 is 11.6 Å². The zero-order valence-corrected chi connectivity index (χ0v) is 17.4. The fraction of sp³-hybridized carbons (Fsp3) is 0.0435. The first kappa shape index (κ1) is 20.0. The predicted molar refractivity (Wildman–Crippen MR) is 118 cm³/mol. The lowest BCUT2D eigenvalue weighted by molar-refractivity contribution is 0.100. The summed E-state index contributed by atoms with van der Waals surface area (Å²) in [5, 5.41) is 1.24. The highest BCUT2D eigenvalue weighted by molar-refractivity contribution is 6.35. The normalized spacial score (nSPS) is 11.4. The fourth-order valence-electron chi connectivity index (χ4n) is 3.90. The van der Waals surface area contributed by atoms with Gasteiger partial charge in [0.1, 0.15) is 11.3 Å². The number of halogens is 3. The molecule has 0 fully saturated rings. The van der Waals surface area contributed by atoms with Gasteiger partial charge >= 0.3 is 0 Å². The summed E-state index contributed by atoms with van der Waals surface area (Å²) >= 11 is 6.32. The number of nitrogens with two attached hydrogens (primary N) is 1. The SMILES string of the molecule is Cc1nc2c(C(N)=O)cc(-c3ccnc(F)c3F)cc2n1-c1ccnc2c(Cl)cccc12. The molecule has 9 heteroatoms. The number of fused-ring (bicyclic) bond motifs is 2. The van der Waals surface area contributed by atoms with Crippen molar-refractivity contribution in [2.24, 2.45) is 5.73 Å². The second-order valence-corrected chi connectivity index (χ2v) is 7.59. The van der Waals surface area contributed by atoms with Gasteiger partial charge < -0.3 is 5.73 Å². The number of para-hydroxylation sites is 1. The largest absolute Gasteiger partial charge is 0.366 e. The molecular formula is C23H14ClF2N5O. The molecule has 0 saturated carbocycles. The Hall–Kier alpha value is -3.91. The summed E-state index contributed by atoms with van der Waals surface area (Å²) in [5.74, 6) is -2.53. The maximum atomic E-state index is 14.5. The summed E-state index contributed by atoms with van der Waals surface area (Å²) in [5.41, 5.74) is 8.08. The summed E-state index contributed by atoms with van der Waals surface area (Å²) in [7, 11) is 0. The van der Waals surface area contributed by atoms with Crippen LogP contribution < -0.4 is 5.73 Å². The van der Waals surface area contributed by atoms with Gasteiger partial charge in [0.25, 0.3) is 5.91 Å². The Kier molecular flexibility index (Phi) is 4.60. The topological polar surface area (TPSA) is 86.7 Å². The average molecular weight is 450 g/mol. The predicted octanol–water partition coefficient (Wildman–Crippen LogP) is 4.97. The fourth-order valence-corrected chi connectivity index (χ4v) is 4.13. The molecule has 3 heterocycles. The molecule has 0 aliphatic heterocycles. The van der Waals surface area contributed by atoms with Gasteiger partial charge in [-0.3, -0.25) is 14.3 Å². The van der Waals surface area contributed by atoms with Gasteiger partial charge in [-0.25, -0.2) is 14.4 Å². The number of rotatable bonds is 3. The number of carbonyl (C=O) groups is 1. The molecule has 0 saturated heterocycles. The lowest BCUT2D eigenvalue weighted by Crippen LogP contribution is -2.12. The monoisotopic (exact) mass is 449 g/mol. The van der Waals surface area contributed by atoms with Crippen LogP contribution in [-0.4, -0.2) is 25.4 Å². The van der Waals surface area contributed by atoms with E-state index in [0.717, 1.165) is 11.6 Å². The number of imidazole rings is 1. The van der Waals surface area contributed by atoms with Gasteiger partial charge in [-0.1, -0.05) is 23.7 Å². The van der Waals surface area contributed by atoms with Gasteiger partial charge in [0.15, 0.2) is 5.82 Å². The Morgan fingerprint density at radius 2 is 1.84 bits per heavy atom. The van der Waals surface area contributed by atoms with Gasteiger partial charge in [0, 0.05) is 23.3 Å². The van der Waals surface area contributed by atoms with Crippen molar-refractivity contribution in [1.82, 2.24) is 19.5 Å². The van der Waals surface area contributed by atoms with Crippen molar-refractivity contribution >= 4 is 39.4 Å². The maximum Gasteiger partial charge on any atom is 0.250 e. The third-order valence-corrected chi connectivity index (χ3v) is 5.60. The molecule has 0 aliphatic carbocycles. The van der Waals surface area contributed by atoms with Crippen molar-refractivity contribution in [2.75, 3.05) is 0 Å². The van der Waals surface area contributed by atoms with Crippen LogP contribution in [0.15, 0.2) is 54.9 Å². The minimum Gasteiger partial charge on any atom is -0.366 e. The van der Waals surface area contributed by atoms with E-state index in [-0.39, 0.29) is 16.7 Å². The Labute approximate surface area is 185 Å². The van der Waals surface area contributed by atoms with Crippen molar-refractivity contribution < 1.29 is 13.6 Å². The van der Waals surface area contributed by atoms with Crippen molar-refractivity contribution in [2.45, 2.75) is 6.92 Å². The molecule has 158 valence electrons. The van der Waals surface area contributed by atoms with Gasteiger partial charge in [-0.15, -0.1) is 0 Å². The number of benzene rings is 2. The van der Waals surface area contributed by atoms with E-state index in [2.05, 4.69) is 15.0 Å². The van der Waals surface area contributed by atoms with E-state index in [4.69, 9.17) is 17.3 Å². The third-order valence-electron chi connectivity index (χ3n) is 5.29. The maximum absolute atomic E-state index is 14.5. The van der Waals surface area contributed by atoms with E-state index in [1.165, 1.54) is 12.1 Å². The lowest BCUT2D eigenvalue weighted by Gasteiger charge is -2.12. The number of nitrogens with zero attached hydrogens (tertiary/aromatic N) is 4. The van der Waals surface area contributed by atoms with Crippen LogP contribution in [0, 0.1) is 18.7 Å². The number of hydrogen-bond donors (Lipinski definition) is 1. The molecule has 3 aromatic heterocycles. The van der Waals surface area contributed by atoms with Crippen LogP contribution in [0.2, 0.25) is 5.02 Å². The van der Waals surface area contributed by atoms with Crippen molar-refractivity contribution in [3.63, 3.8) is 0 Å². The molecule has 0 atom stereocenters. The molecule has 32 heavy (non-hydrogen) atoms. The molecule has 2 aromatic carbocycles. The van der Waals surface area contributed by atoms with Crippen LogP contribution in [-0.2, 0) is 0 Å². The van der Waals surface area contributed by atoms with Crippen LogP contribution in [0.5, 0.6) is 0 Å². The summed E-state index contributed by atoms with van der Waals surface area (Å²) in [6, 6.07) is 11.6. The zero-order valence-electron chi connectivity index (χ0n) is 16.6. The van der Waals surface area contributed by atoms with E-state index in [9.17, 15) is 13.6 Å². The second-order valence-electron chi connectivity index (χ2n) is 7.18. The Bertz CT molecular complexity index is 1560. The van der Waals surface area contributed by atoms with E-state index in [1.54, 1.807) is 42.0 Å². The highest BCUT2D eigenvalue weighted by Gasteiger charge is 2.21. The van der Waals surface area contributed by atoms with Crippen LogP contribution in [0.25, 0.3) is 38.8 Å². The molecule has 0 unspecified atom stereocenters. The Morgan fingerprint density at radius 3 is 2.62 bits per heavy atom. The molecule has 0 aliphatic rings. The van der Waals surface area contributed by atoms with E-state index >= 15 is 0 Å². The quantitative estimate of drug-likeness (QED) is 0.394.